The van der Waals surface area contributed by atoms with E-state index in [1.165, 1.54) is 31.9 Å². The summed E-state index contributed by atoms with van der Waals surface area (Å²) in [7, 11) is -2.13. The molecule has 0 atom stereocenters. The lowest BCUT2D eigenvalue weighted by Gasteiger charge is -2.35. The molecule has 12 heteroatoms. The summed E-state index contributed by atoms with van der Waals surface area (Å²) in [6.45, 7) is 2.94. The second-order valence-electron chi connectivity index (χ2n) is 11.6. The van der Waals surface area contributed by atoms with Crippen LogP contribution in [0, 0.1) is 10.8 Å². The van der Waals surface area contributed by atoms with Crippen molar-refractivity contribution in [3.05, 3.63) is 30.0 Å². The van der Waals surface area contributed by atoms with Crippen LogP contribution in [0.4, 0.5) is 23.1 Å². The average Bonchev–Trinajstić information content (AvgIpc) is 3.81. The number of aliphatic hydroxyl groups excluding tert-OH is 1. The fourth-order valence-corrected chi connectivity index (χ4v) is 6.71. The number of methoxy groups -OCH3 is 1. The molecule has 2 aromatic rings. The monoisotopic (exact) mass is 556 g/mol. The van der Waals surface area contributed by atoms with E-state index >= 15 is 0 Å². The maximum Gasteiger partial charge on any atom is 0.260 e. The van der Waals surface area contributed by atoms with E-state index in [0.29, 0.717) is 33.6 Å². The van der Waals surface area contributed by atoms with Crippen LogP contribution in [0.25, 0.3) is 0 Å². The predicted molar refractivity (Wildman–Crippen MR) is 149 cm³/mol. The van der Waals surface area contributed by atoms with E-state index in [-0.39, 0.29) is 11.7 Å². The molecule has 1 amide bonds. The largest absolute Gasteiger partial charge is 0.493 e. The van der Waals surface area contributed by atoms with Crippen molar-refractivity contribution in [2.24, 2.45) is 10.8 Å². The molecule has 0 aromatic carbocycles. The van der Waals surface area contributed by atoms with Gasteiger partial charge in [-0.25, -0.2) is 18.4 Å². The summed E-state index contributed by atoms with van der Waals surface area (Å²) < 4.78 is 32.5. The number of carbonyl (C=O) groups is 1. The Bertz CT molecular complexity index is 1360. The summed E-state index contributed by atoms with van der Waals surface area (Å²) in [6.07, 6.45) is 9.65. The number of piperidine rings is 1. The van der Waals surface area contributed by atoms with Gasteiger partial charge in [-0.05, 0) is 67.9 Å². The first-order chi connectivity index (χ1) is 18.7. The number of hydrogen-bond donors (Lipinski definition) is 3. The number of rotatable bonds is 9. The third-order valence-electron chi connectivity index (χ3n) is 8.86. The maximum atomic E-state index is 13.6. The molecule has 2 aliphatic heterocycles. The second kappa shape index (κ2) is 9.81. The van der Waals surface area contributed by atoms with Gasteiger partial charge in [0.05, 0.1) is 30.7 Å². The zero-order chi connectivity index (χ0) is 27.3. The molecule has 2 saturated carbocycles. The molecule has 210 valence electrons. The Hall–Kier alpha value is -3.12. The number of pyridine rings is 2. The SMILES string of the molecule is COc1ccc(NC(=O)c2cnc(NS(=O)(=O)CCO)cc2N2CCC3(CC2)CC3)nc1N1CCC2(CC2)C1. The zero-order valence-electron chi connectivity index (χ0n) is 22.3. The Kier molecular flexibility index (Phi) is 6.57. The lowest BCUT2D eigenvalue weighted by Crippen LogP contribution is -2.36. The topological polar surface area (TPSA) is 137 Å². The van der Waals surface area contributed by atoms with Crippen molar-refractivity contribution in [2.75, 3.05) is 65.5 Å². The van der Waals surface area contributed by atoms with Gasteiger partial charge < -0.3 is 25.0 Å². The highest BCUT2D eigenvalue weighted by atomic mass is 32.2. The average molecular weight is 557 g/mol. The molecule has 0 unspecified atom stereocenters. The summed E-state index contributed by atoms with van der Waals surface area (Å²) >= 11 is 0. The van der Waals surface area contributed by atoms with Crippen molar-refractivity contribution >= 4 is 39.1 Å². The Morgan fingerprint density at radius 3 is 2.36 bits per heavy atom. The van der Waals surface area contributed by atoms with Crippen LogP contribution >= 0.6 is 0 Å². The first kappa shape index (κ1) is 26.1. The van der Waals surface area contributed by atoms with Crippen molar-refractivity contribution < 1.29 is 23.1 Å². The lowest BCUT2D eigenvalue weighted by atomic mass is 9.93. The standard InChI is InChI=1S/C27H36N6O5S/c1-38-21-2-3-22(29-24(21)33-13-10-27(18-33)6-7-27)30-25(35)19-17-28-23(31-39(36,37)15-14-34)16-20(19)32-11-8-26(4-5-26)9-12-32/h2-3,16-17,34H,4-15,18H2,1H3,(H,28,31)(H,29,30,35). The summed E-state index contributed by atoms with van der Waals surface area (Å²) in [6, 6.07) is 5.17. The summed E-state index contributed by atoms with van der Waals surface area (Å²) in [5.41, 5.74) is 1.84. The zero-order valence-corrected chi connectivity index (χ0v) is 23.1. The third kappa shape index (κ3) is 5.49. The molecule has 0 radical (unpaired) electrons. The Labute approximate surface area is 229 Å². The molecular formula is C27H36N6O5S. The highest BCUT2D eigenvalue weighted by Gasteiger charge is 2.48. The molecule has 2 aromatic heterocycles. The van der Waals surface area contributed by atoms with Crippen LogP contribution in [0.3, 0.4) is 0 Å². The van der Waals surface area contributed by atoms with Crippen LogP contribution in [-0.2, 0) is 10.0 Å². The molecule has 2 saturated heterocycles. The normalized spacial score (nSPS) is 20.8. The fraction of sp³-hybridized carbons (Fsp3) is 0.593. The highest BCUT2D eigenvalue weighted by Crippen LogP contribution is 2.55. The Morgan fingerprint density at radius 2 is 1.72 bits per heavy atom. The molecule has 39 heavy (non-hydrogen) atoms. The number of sulfonamides is 1. The van der Waals surface area contributed by atoms with Crippen LogP contribution in [0.1, 0.15) is 55.3 Å². The van der Waals surface area contributed by atoms with Crippen LogP contribution in [0.15, 0.2) is 24.4 Å². The molecule has 2 spiro atoms. The number of nitrogens with one attached hydrogen (secondary N) is 2. The Morgan fingerprint density at radius 1 is 1.03 bits per heavy atom. The van der Waals surface area contributed by atoms with E-state index < -0.39 is 22.4 Å². The number of aliphatic hydroxyl groups is 1. The van der Waals surface area contributed by atoms with Crippen molar-refractivity contribution in [1.29, 1.82) is 0 Å². The minimum atomic E-state index is -3.75. The molecule has 6 rings (SSSR count). The van der Waals surface area contributed by atoms with E-state index in [1.54, 1.807) is 19.2 Å². The van der Waals surface area contributed by atoms with Gasteiger partial charge in [0.15, 0.2) is 11.6 Å². The van der Waals surface area contributed by atoms with Gasteiger partial charge in [0.25, 0.3) is 5.91 Å². The first-order valence-electron chi connectivity index (χ1n) is 13.7. The number of nitrogens with zero attached hydrogens (tertiary/aromatic N) is 4. The minimum absolute atomic E-state index is 0.120. The molecule has 4 aliphatic rings. The number of aromatic nitrogens is 2. The number of carbonyl (C=O) groups excluding carboxylic acids is 1. The van der Waals surface area contributed by atoms with Gasteiger partial charge in [0, 0.05) is 38.4 Å². The highest BCUT2D eigenvalue weighted by molar-refractivity contribution is 7.92. The van der Waals surface area contributed by atoms with Crippen LogP contribution in [0.2, 0.25) is 0 Å². The van der Waals surface area contributed by atoms with E-state index in [0.717, 1.165) is 51.3 Å². The number of amides is 1. The van der Waals surface area contributed by atoms with Crippen molar-refractivity contribution in [1.82, 2.24) is 9.97 Å². The number of ether oxygens (including phenoxy) is 1. The van der Waals surface area contributed by atoms with Crippen LogP contribution < -0.4 is 24.6 Å². The van der Waals surface area contributed by atoms with Gasteiger partial charge in [-0.1, -0.05) is 0 Å². The van der Waals surface area contributed by atoms with Gasteiger partial charge in [-0.15, -0.1) is 0 Å². The van der Waals surface area contributed by atoms with Gasteiger partial charge in [-0.2, -0.15) is 0 Å². The minimum Gasteiger partial charge on any atom is -0.493 e. The van der Waals surface area contributed by atoms with Gasteiger partial charge in [0.2, 0.25) is 10.0 Å². The molecule has 0 bridgehead atoms. The molecule has 3 N–H and O–H groups in total. The molecule has 4 fully saturated rings. The lowest BCUT2D eigenvalue weighted by molar-refractivity contribution is 0.102. The van der Waals surface area contributed by atoms with Crippen molar-refractivity contribution in [3.8, 4) is 5.75 Å². The number of hydrogen-bond acceptors (Lipinski definition) is 9. The van der Waals surface area contributed by atoms with Gasteiger partial charge >= 0.3 is 0 Å². The maximum absolute atomic E-state index is 13.6. The van der Waals surface area contributed by atoms with Crippen LogP contribution in [-0.4, -0.2) is 75.0 Å². The molecule has 2 aliphatic carbocycles. The summed E-state index contributed by atoms with van der Waals surface area (Å²) in [4.78, 5) is 26.9. The molecule has 4 heterocycles. The quantitative estimate of drug-likeness (QED) is 0.426. The van der Waals surface area contributed by atoms with Crippen molar-refractivity contribution in [3.63, 3.8) is 0 Å². The first-order valence-corrected chi connectivity index (χ1v) is 15.4. The smallest absolute Gasteiger partial charge is 0.260 e. The van der Waals surface area contributed by atoms with Crippen LogP contribution in [0.5, 0.6) is 5.75 Å². The number of anilines is 4. The third-order valence-corrected chi connectivity index (χ3v) is 10.1. The second-order valence-corrected chi connectivity index (χ2v) is 13.4. The van der Waals surface area contributed by atoms with Crippen molar-refractivity contribution in [2.45, 2.75) is 44.9 Å². The van der Waals surface area contributed by atoms with Gasteiger partial charge in [0.1, 0.15) is 11.6 Å². The van der Waals surface area contributed by atoms with E-state index in [9.17, 15) is 13.2 Å². The van der Waals surface area contributed by atoms with E-state index in [1.807, 2.05) is 6.07 Å². The fourth-order valence-electron chi connectivity index (χ4n) is 5.94. The Balaban J connectivity index is 1.26. The molecule has 11 nitrogen and oxygen atoms in total. The summed E-state index contributed by atoms with van der Waals surface area (Å²) in [5, 5.41) is 12.0. The summed E-state index contributed by atoms with van der Waals surface area (Å²) in [5.74, 6) is 1.16. The molecular weight excluding hydrogens is 520 g/mol. The van der Waals surface area contributed by atoms with E-state index in [2.05, 4.69) is 24.8 Å². The van der Waals surface area contributed by atoms with Gasteiger partial charge in [-0.3, -0.25) is 9.52 Å². The predicted octanol–water partition coefficient (Wildman–Crippen LogP) is 2.84. The van der Waals surface area contributed by atoms with E-state index in [4.69, 9.17) is 14.8 Å².